The molecule has 11 nitrogen and oxygen atoms in total. The Labute approximate surface area is 280 Å². The number of hydrogen-bond acceptors (Lipinski definition) is 8. The summed E-state index contributed by atoms with van der Waals surface area (Å²) < 4.78 is 30.2. The molecular formula is C34H34ClF2N7O4. The number of H-pyrrole nitrogens is 1. The Kier molecular flexibility index (Phi) is 9.69. The van der Waals surface area contributed by atoms with E-state index in [0.717, 1.165) is 55.0 Å². The van der Waals surface area contributed by atoms with E-state index in [1.54, 1.807) is 12.3 Å². The van der Waals surface area contributed by atoms with Crippen LogP contribution in [0, 0.1) is 0 Å². The Bertz CT molecular complexity index is 1770. The van der Waals surface area contributed by atoms with Crippen molar-refractivity contribution >= 4 is 40.8 Å². The van der Waals surface area contributed by atoms with E-state index in [9.17, 15) is 23.2 Å². The van der Waals surface area contributed by atoms with Crippen molar-refractivity contribution in [2.75, 3.05) is 30.4 Å². The first kappa shape index (κ1) is 33.0. The molecule has 2 aliphatic heterocycles. The number of nitrogens with zero attached hydrogens (tertiary/aromatic N) is 4. The van der Waals surface area contributed by atoms with E-state index in [-0.39, 0.29) is 23.5 Å². The molecule has 2 aromatic carbocycles. The Morgan fingerprint density at radius 3 is 2.56 bits per heavy atom. The van der Waals surface area contributed by atoms with E-state index >= 15 is 0 Å². The molecular weight excluding hydrogens is 644 g/mol. The first-order valence-corrected chi connectivity index (χ1v) is 15.9. The number of nitrogens with one attached hydrogen (secondary N) is 3. The minimum atomic E-state index is -3.83. The lowest BCUT2D eigenvalue weighted by molar-refractivity contribution is -0.134. The number of aromatic nitrogens is 3. The summed E-state index contributed by atoms with van der Waals surface area (Å²) in [6.45, 7) is 2.23. The van der Waals surface area contributed by atoms with E-state index in [2.05, 4.69) is 54.5 Å². The molecule has 0 bridgehead atoms. The number of halogens is 3. The molecule has 250 valence electrons. The third-order valence-electron chi connectivity index (χ3n) is 8.68. The van der Waals surface area contributed by atoms with E-state index in [1.165, 1.54) is 30.5 Å². The number of anilines is 2. The predicted molar refractivity (Wildman–Crippen MR) is 176 cm³/mol. The van der Waals surface area contributed by atoms with Gasteiger partial charge in [-0.05, 0) is 73.8 Å². The average molecular weight is 678 g/mol. The quantitative estimate of drug-likeness (QED) is 0.148. The molecule has 1 unspecified atom stereocenters. The van der Waals surface area contributed by atoms with Crippen LogP contribution in [0.3, 0.4) is 0 Å². The second-order valence-corrected chi connectivity index (χ2v) is 12.4. The second-order valence-electron chi connectivity index (χ2n) is 12.0. The summed E-state index contributed by atoms with van der Waals surface area (Å²) in [5.41, 5.74) is 0.338. The normalized spacial score (nSPS) is 17.4. The minimum absolute atomic E-state index is 0.144. The van der Waals surface area contributed by atoms with Gasteiger partial charge in [-0.3, -0.25) is 29.7 Å². The van der Waals surface area contributed by atoms with Crippen LogP contribution in [0.1, 0.15) is 53.1 Å². The highest BCUT2D eigenvalue weighted by atomic mass is 35.5. The minimum Gasteiger partial charge on any atom is -0.420 e. The van der Waals surface area contributed by atoms with Gasteiger partial charge in [0.1, 0.15) is 11.6 Å². The molecule has 0 saturated carbocycles. The van der Waals surface area contributed by atoms with Crippen LogP contribution in [0.4, 0.5) is 20.3 Å². The van der Waals surface area contributed by atoms with Crippen molar-refractivity contribution in [3.8, 4) is 17.0 Å². The van der Waals surface area contributed by atoms with Crippen molar-refractivity contribution in [1.29, 1.82) is 0 Å². The molecule has 6 rings (SSSR count). The highest BCUT2D eigenvalue weighted by molar-refractivity contribution is 6.20. The van der Waals surface area contributed by atoms with Crippen LogP contribution >= 0.6 is 11.6 Å². The molecule has 4 aromatic rings. The highest BCUT2D eigenvalue weighted by Gasteiger charge is 2.30. The molecule has 2 aromatic heterocycles. The number of imide groups is 1. The van der Waals surface area contributed by atoms with Crippen molar-refractivity contribution in [2.24, 2.45) is 0 Å². The molecule has 0 aliphatic carbocycles. The van der Waals surface area contributed by atoms with Gasteiger partial charge >= 0.3 is 5.57 Å². The number of amides is 3. The third kappa shape index (κ3) is 7.97. The number of piperidine rings is 2. The van der Waals surface area contributed by atoms with Gasteiger partial charge in [0.15, 0.2) is 0 Å². The summed E-state index contributed by atoms with van der Waals surface area (Å²) in [6, 6.07) is 17.4. The van der Waals surface area contributed by atoms with Crippen LogP contribution in [-0.4, -0.2) is 69.5 Å². The van der Waals surface area contributed by atoms with Crippen molar-refractivity contribution in [3.05, 3.63) is 89.7 Å². The zero-order chi connectivity index (χ0) is 33.8. The van der Waals surface area contributed by atoms with Gasteiger partial charge in [0, 0.05) is 67.3 Å². The molecule has 4 heterocycles. The molecule has 1 atom stereocenters. The lowest BCUT2D eigenvalue weighted by Crippen LogP contribution is -2.43. The zero-order valence-corrected chi connectivity index (χ0v) is 26.8. The topological polar surface area (TPSA) is 133 Å². The first-order chi connectivity index (χ1) is 23.0. The molecule has 3 N–H and O–H groups in total. The third-order valence-corrected chi connectivity index (χ3v) is 8.75. The fourth-order valence-corrected chi connectivity index (χ4v) is 6.33. The smallest absolute Gasteiger partial charge is 0.420 e. The second kappa shape index (κ2) is 14.1. The number of alkyl halides is 3. The summed E-state index contributed by atoms with van der Waals surface area (Å²) in [6.07, 6.45) is 5.81. The SMILES string of the molecule is CN(Cc1cccc(C2CCC(=O)NC2=O)c1)C1CCN(c2ncc(C(=O)Nc3ccc(OC(F)(F)Cl)cc3)cc2-c2ccn[nH]2)CC1. The Morgan fingerprint density at radius 1 is 1.10 bits per heavy atom. The number of carbonyl (C=O) groups is 3. The zero-order valence-electron chi connectivity index (χ0n) is 26.1. The van der Waals surface area contributed by atoms with Gasteiger partial charge in [0.05, 0.1) is 17.2 Å². The molecule has 14 heteroatoms. The number of pyridine rings is 1. The summed E-state index contributed by atoms with van der Waals surface area (Å²) in [7, 11) is 2.11. The lowest BCUT2D eigenvalue weighted by Gasteiger charge is -2.38. The van der Waals surface area contributed by atoms with Crippen LogP contribution in [0.15, 0.2) is 73.1 Å². The molecule has 2 aliphatic rings. The van der Waals surface area contributed by atoms with E-state index in [1.807, 2.05) is 18.2 Å². The van der Waals surface area contributed by atoms with Crippen molar-refractivity contribution in [3.63, 3.8) is 0 Å². The fourth-order valence-electron chi connectivity index (χ4n) is 6.24. The fraction of sp³-hybridized carbons (Fsp3) is 0.324. The average Bonchev–Trinajstić information content (AvgIpc) is 3.60. The van der Waals surface area contributed by atoms with Crippen LogP contribution in [0.2, 0.25) is 0 Å². The van der Waals surface area contributed by atoms with E-state index in [4.69, 9.17) is 16.6 Å². The number of carbonyl (C=O) groups excluding carboxylic acids is 3. The first-order valence-electron chi connectivity index (χ1n) is 15.6. The Morgan fingerprint density at radius 2 is 1.88 bits per heavy atom. The van der Waals surface area contributed by atoms with Gasteiger partial charge in [0.2, 0.25) is 11.8 Å². The maximum absolute atomic E-state index is 13.1. The predicted octanol–water partition coefficient (Wildman–Crippen LogP) is 5.51. The van der Waals surface area contributed by atoms with Crippen LogP contribution < -0.4 is 20.3 Å². The van der Waals surface area contributed by atoms with Gasteiger partial charge in [0.25, 0.3) is 5.91 Å². The number of rotatable bonds is 10. The summed E-state index contributed by atoms with van der Waals surface area (Å²) >= 11 is 4.82. The highest BCUT2D eigenvalue weighted by Crippen LogP contribution is 2.32. The van der Waals surface area contributed by atoms with Gasteiger partial charge in [-0.1, -0.05) is 24.3 Å². The molecule has 3 amide bonds. The monoisotopic (exact) mass is 677 g/mol. The van der Waals surface area contributed by atoms with E-state index in [0.29, 0.717) is 35.8 Å². The van der Waals surface area contributed by atoms with Crippen LogP contribution in [0.5, 0.6) is 5.75 Å². The summed E-state index contributed by atoms with van der Waals surface area (Å²) in [4.78, 5) is 46.4. The number of hydrogen-bond donors (Lipinski definition) is 3. The molecule has 48 heavy (non-hydrogen) atoms. The van der Waals surface area contributed by atoms with Crippen molar-refractivity contribution in [2.45, 2.75) is 49.8 Å². The van der Waals surface area contributed by atoms with Crippen LogP contribution in [-0.2, 0) is 16.1 Å². The van der Waals surface area contributed by atoms with Gasteiger partial charge in [-0.2, -0.15) is 5.10 Å². The van der Waals surface area contributed by atoms with Crippen LogP contribution in [0.25, 0.3) is 11.3 Å². The maximum Gasteiger partial charge on any atom is 0.487 e. The molecule has 2 fully saturated rings. The number of benzene rings is 2. The maximum atomic E-state index is 13.1. The largest absolute Gasteiger partial charge is 0.487 e. The molecule has 0 spiro atoms. The Hall–Kier alpha value is -4.88. The van der Waals surface area contributed by atoms with Gasteiger partial charge in [-0.25, -0.2) is 4.98 Å². The summed E-state index contributed by atoms with van der Waals surface area (Å²) in [5, 5.41) is 12.3. The van der Waals surface area contributed by atoms with Crippen molar-refractivity contribution in [1.82, 2.24) is 25.4 Å². The number of aromatic amines is 1. The standard InChI is InChI=1S/C34H34ClF2N7O4/c1-43(20-21-3-2-4-22(17-21)27-9-10-30(45)41-33(27)47)25-12-15-44(16-13-25)31-28(29-11-14-39-42-29)18-23(19-38-31)32(46)40-24-5-7-26(8-6-24)48-34(35,36)37/h2-8,11,14,17-19,25,27H,9-10,12-13,15-16,20H2,1H3,(H,39,42)(H,40,46)(H,41,45,47). The van der Waals surface area contributed by atoms with Gasteiger partial charge in [-0.15, -0.1) is 8.78 Å². The van der Waals surface area contributed by atoms with Gasteiger partial charge < -0.3 is 15.0 Å². The Balaban J connectivity index is 1.10. The van der Waals surface area contributed by atoms with Crippen molar-refractivity contribution < 1.29 is 27.9 Å². The van der Waals surface area contributed by atoms with E-state index < -0.39 is 11.5 Å². The lowest BCUT2D eigenvalue weighted by atomic mass is 9.89. The number of ether oxygens (including phenoxy) is 1. The molecule has 2 saturated heterocycles. The molecule has 0 radical (unpaired) electrons. The summed E-state index contributed by atoms with van der Waals surface area (Å²) in [5.74, 6) is -0.600.